The molecule has 4 rings (SSSR count). The Morgan fingerprint density at radius 2 is 1.44 bits per heavy atom. The van der Waals surface area contributed by atoms with Crippen LogP contribution in [0, 0.1) is 47.1 Å². The molecule has 0 saturated heterocycles. The monoisotopic (exact) mass is 513 g/mol. The van der Waals surface area contributed by atoms with Crippen LogP contribution in [0.1, 0.15) is 82.6 Å². The van der Waals surface area contributed by atoms with Gasteiger partial charge in [0.1, 0.15) is 11.6 Å². The zero-order chi connectivity index (χ0) is 25.8. The van der Waals surface area contributed by atoms with Gasteiger partial charge in [-0.3, -0.25) is 0 Å². The van der Waals surface area contributed by atoms with E-state index in [2.05, 4.69) is 17.7 Å². The molecule has 8 heteroatoms. The van der Waals surface area contributed by atoms with Gasteiger partial charge in [-0.1, -0.05) is 32.6 Å². The van der Waals surface area contributed by atoms with Crippen LogP contribution in [0.2, 0.25) is 0 Å². The Bertz CT molecular complexity index is 1000. The van der Waals surface area contributed by atoms with Gasteiger partial charge in [-0.25, -0.2) is 17.6 Å². The van der Waals surface area contributed by atoms with Crippen LogP contribution in [0.25, 0.3) is 0 Å². The number of hydrogen-bond acceptors (Lipinski definition) is 2. The van der Waals surface area contributed by atoms with Crippen molar-refractivity contribution in [2.24, 2.45) is 17.8 Å². The zero-order valence-corrected chi connectivity index (χ0v) is 20.3. The first-order valence-corrected chi connectivity index (χ1v) is 12.8. The first-order chi connectivity index (χ1) is 17.3. The molecule has 0 aromatic heterocycles. The highest BCUT2D eigenvalue weighted by Gasteiger charge is 2.33. The minimum Gasteiger partial charge on any atom is -0.453 e. The summed E-state index contributed by atoms with van der Waals surface area (Å²) in [5, 5.41) is 0. The number of benzene rings is 2. The Balaban J connectivity index is 1.43. The third-order valence-electron chi connectivity index (χ3n) is 7.86. The highest BCUT2D eigenvalue weighted by Crippen LogP contribution is 2.46. The second kappa shape index (κ2) is 11.8. The van der Waals surface area contributed by atoms with E-state index in [0.29, 0.717) is 36.8 Å². The highest BCUT2D eigenvalue weighted by molar-refractivity contribution is 5.40. The maximum Gasteiger partial charge on any atom is 0.387 e. The van der Waals surface area contributed by atoms with Gasteiger partial charge in [0.25, 0.3) is 0 Å². The van der Waals surface area contributed by atoms with Crippen LogP contribution in [-0.2, 0) is 0 Å². The van der Waals surface area contributed by atoms with Gasteiger partial charge in [0.2, 0.25) is 0 Å². The predicted octanol–water partition coefficient (Wildman–Crippen LogP) is 9.32. The summed E-state index contributed by atoms with van der Waals surface area (Å²) in [6, 6.07) is 4.47. The van der Waals surface area contributed by atoms with Gasteiger partial charge in [0.05, 0.1) is 0 Å². The van der Waals surface area contributed by atoms with Gasteiger partial charge in [-0.15, -0.1) is 0 Å². The second-order valence-electron chi connectivity index (χ2n) is 10.1. The fourth-order valence-corrected chi connectivity index (χ4v) is 6.10. The lowest BCUT2D eigenvalue weighted by molar-refractivity contribution is -0.0547. The van der Waals surface area contributed by atoms with E-state index >= 15 is 4.39 Å². The lowest BCUT2D eigenvalue weighted by Gasteiger charge is -2.38. The van der Waals surface area contributed by atoms with E-state index in [9.17, 15) is 22.0 Å². The number of ether oxygens (including phenoxy) is 2. The molecule has 2 aromatic carbocycles. The molecule has 0 amide bonds. The minimum absolute atomic E-state index is 0.104. The van der Waals surface area contributed by atoms with Gasteiger partial charge in [-0.2, -0.15) is 8.78 Å². The molecule has 0 unspecified atom stereocenters. The Kier molecular flexibility index (Phi) is 8.73. The maximum atomic E-state index is 15.3. The van der Waals surface area contributed by atoms with Gasteiger partial charge in [-0.05, 0) is 68.3 Å². The normalized spacial score (nSPS) is 24.7. The van der Waals surface area contributed by atoms with Crippen molar-refractivity contribution in [3.63, 3.8) is 0 Å². The molecule has 2 fully saturated rings. The molecule has 0 N–H and O–H groups in total. The molecule has 197 valence electrons. The molecule has 0 bridgehead atoms. The third-order valence-corrected chi connectivity index (χ3v) is 7.86. The second-order valence-corrected chi connectivity index (χ2v) is 10.1. The van der Waals surface area contributed by atoms with E-state index in [1.54, 1.807) is 0 Å². The SMILES string of the molecule is CCC[C@H]1CC[C@H](C2CCC(c3c(F)c[c]c(Oc4cc(F)c(OC(F)F)c(F)c4)c3F)CC2)CC1. The summed E-state index contributed by atoms with van der Waals surface area (Å²) in [6.07, 6.45) is 10.6. The molecule has 0 heterocycles. The summed E-state index contributed by atoms with van der Waals surface area (Å²) in [6.45, 7) is -1.20. The summed E-state index contributed by atoms with van der Waals surface area (Å²) < 4.78 is 91.8. The van der Waals surface area contributed by atoms with E-state index < -0.39 is 47.1 Å². The first kappa shape index (κ1) is 26.7. The molecule has 2 aromatic rings. The van der Waals surface area contributed by atoms with Crippen LogP contribution in [0.4, 0.5) is 26.3 Å². The standard InChI is InChI=1S/C28H31F6O2/c1-2-3-16-4-6-17(7-5-16)18-8-10-19(11-9-18)25-21(29)12-13-24(26(25)32)35-20-14-22(30)27(23(31)15-20)36-28(33)34/h12,14-19,28H,2-11H2,1H3/t16-,17-,18?,19?. The molecule has 2 saturated carbocycles. The van der Waals surface area contributed by atoms with Crippen LogP contribution in [0.15, 0.2) is 18.2 Å². The van der Waals surface area contributed by atoms with Crippen molar-refractivity contribution < 1.29 is 35.8 Å². The third kappa shape index (κ3) is 6.12. The van der Waals surface area contributed by atoms with E-state index in [0.717, 1.165) is 24.8 Å². The van der Waals surface area contributed by atoms with Gasteiger partial charge >= 0.3 is 6.61 Å². The van der Waals surface area contributed by atoms with E-state index in [1.807, 2.05) is 0 Å². The first-order valence-electron chi connectivity index (χ1n) is 12.8. The molecule has 2 aliphatic rings. The van der Waals surface area contributed by atoms with Crippen LogP contribution in [0.5, 0.6) is 17.2 Å². The largest absolute Gasteiger partial charge is 0.453 e. The van der Waals surface area contributed by atoms with Gasteiger partial charge < -0.3 is 9.47 Å². The molecule has 2 nitrogen and oxygen atoms in total. The van der Waals surface area contributed by atoms with E-state index in [-0.39, 0.29) is 11.5 Å². The van der Waals surface area contributed by atoms with Gasteiger partial charge in [0.15, 0.2) is 29.0 Å². The van der Waals surface area contributed by atoms with Crippen molar-refractivity contribution in [3.8, 4) is 17.2 Å². The molecule has 0 spiro atoms. The number of alkyl halides is 2. The topological polar surface area (TPSA) is 18.5 Å². The Labute approximate surface area is 208 Å². The molecule has 1 radical (unpaired) electrons. The molecule has 2 aliphatic carbocycles. The number of rotatable bonds is 8. The summed E-state index contributed by atoms with van der Waals surface area (Å²) in [5.41, 5.74) is -0.104. The quantitative estimate of drug-likeness (QED) is 0.328. The highest BCUT2D eigenvalue weighted by atomic mass is 19.3. The zero-order valence-electron chi connectivity index (χ0n) is 20.3. The lowest BCUT2D eigenvalue weighted by atomic mass is 9.68. The summed E-state index contributed by atoms with van der Waals surface area (Å²) in [7, 11) is 0. The smallest absolute Gasteiger partial charge is 0.387 e. The lowest BCUT2D eigenvalue weighted by Crippen LogP contribution is -2.26. The van der Waals surface area contributed by atoms with E-state index in [4.69, 9.17) is 4.74 Å². The van der Waals surface area contributed by atoms with Crippen LogP contribution in [0.3, 0.4) is 0 Å². The summed E-state index contributed by atoms with van der Waals surface area (Å²) >= 11 is 0. The van der Waals surface area contributed by atoms with Crippen molar-refractivity contribution in [2.45, 2.75) is 83.7 Å². The van der Waals surface area contributed by atoms with Crippen LogP contribution < -0.4 is 9.47 Å². The molecular formula is C28H31F6O2. The fraction of sp³-hybridized carbons (Fsp3) is 0.571. The van der Waals surface area contributed by atoms with Gasteiger partial charge in [0, 0.05) is 23.8 Å². The summed E-state index contributed by atoms with van der Waals surface area (Å²) in [4.78, 5) is 0. The molecular weight excluding hydrogens is 482 g/mol. The van der Waals surface area contributed by atoms with Crippen molar-refractivity contribution in [2.75, 3.05) is 0 Å². The van der Waals surface area contributed by atoms with Crippen molar-refractivity contribution >= 4 is 0 Å². The Morgan fingerprint density at radius 3 is 2.00 bits per heavy atom. The molecule has 0 aliphatic heterocycles. The van der Waals surface area contributed by atoms with E-state index in [1.165, 1.54) is 38.5 Å². The predicted molar refractivity (Wildman–Crippen MR) is 123 cm³/mol. The fourth-order valence-electron chi connectivity index (χ4n) is 6.10. The minimum atomic E-state index is -3.42. The van der Waals surface area contributed by atoms with Crippen LogP contribution >= 0.6 is 0 Å². The van der Waals surface area contributed by atoms with Crippen molar-refractivity contribution in [3.05, 3.63) is 53.1 Å². The molecule has 0 atom stereocenters. The van der Waals surface area contributed by atoms with Crippen molar-refractivity contribution in [1.29, 1.82) is 0 Å². The number of halogens is 6. The van der Waals surface area contributed by atoms with Crippen molar-refractivity contribution in [1.82, 2.24) is 0 Å². The Morgan fingerprint density at radius 1 is 0.861 bits per heavy atom. The Hall–Kier alpha value is -2.38. The number of hydrogen-bond donors (Lipinski definition) is 0. The van der Waals surface area contributed by atoms with Crippen LogP contribution in [-0.4, -0.2) is 6.61 Å². The average molecular weight is 514 g/mol. The summed E-state index contributed by atoms with van der Waals surface area (Å²) in [5.74, 6) is -5.08. The maximum absolute atomic E-state index is 15.3. The molecule has 36 heavy (non-hydrogen) atoms. The average Bonchev–Trinajstić information content (AvgIpc) is 2.84.